The summed E-state index contributed by atoms with van der Waals surface area (Å²) in [5.74, 6) is 0. The summed E-state index contributed by atoms with van der Waals surface area (Å²) in [4.78, 5) is 0. The Morgan fingerprint density at radius 1 is 1.00 bits per heavy atom. The summed E-state index contributed by atoms with van der Waals surface area (Å²) in [6.07, 6.45) is 9.97. The van der Waals surface area contributed by atoms with E-state index < -0.39 is 0 Å². The third-order valence-corrected chi connectivity index (χ3v) is 2.03. The molecular weight excluding hydrogens is 96.1 g/mol. The van der Waals surface area contributed by atoms with E-state index in [1.54, 1.807) is 11.1 Å². The Bertz CT molecular complexity index is 143. The molecule has 0 amide bonds. The van der Waals surface area contributed by atoms with Crippen molar-refractivity contribution in [2.75, 3.05) is 0 Å². The molecule has 0 nitrogen and oxygen atoms in total. The second-order valence-corrected chi connectivity index (χ2v) is 2.64. The molecule has 0 atom stereocenters. The summed E-state index contributed by atoms with van der Waals surface area (Å²) in [7, 11) is 0. The molecule has 0 heterocycles. The molecule has 0 aromatic carbocycles. The van der Waals surface area contributed by atoms with Gasteiger partial charge in [0, 0.05) is 0 Å². The molecular formula is C8H10. The van der Waals surface area contributed by atoms with E-state index in [2.05, 4.69) is 12.2 Å². The first-order valence-electron chi connectivity index (χ1n) is 3.31. The van der Waals surface area contributed by atoms with Crippen molar-refractivity contribution in [2.24, 2.45) is 0 Å². The van der Waals surface area contributed by atoms with Gasteiger partial charge < -0.3 is 0 Å². The quantitative estimate of drug-likeness (QED) is 0.416. The molecule has 0 N–H and O–H groups in total. The maximum Gasteiger partial charge on any atom is -0.0108 e. The van der Waals surface area contributed by atoms with Crippen LogP contribution in [0, 0.1) is 0 Å². The van der Waals surface area contributed by atoms with E-state index in [1.807, 2.05) is 0 Å². The Kier molecular flexibility index (Phi) is 0.806. The summed E-state index contributed by atoms with van der Waals surface area (Å²) in [6.45, 7) is 0. The lowest BCUT2D eigenvalue weighted by Crippen LogP contribution is -1.78. The molecule has 1 fully saturated rings. The van der Waals surface area contributed by atoms with Crippen molar-refractivity contribution in [1.29, 1.82) is 0 Å². The van der Waals surface area contributed by atoms with Gasteiger partial charge in [0.05, 0.1) is 0 Å². The monoisotopic (exact) mass is 106 g/mol. The highest BCUT2D eigenvalue weighted by molar-refractivity contribution is 5.28. The Labute approximate surface area is 49.9 Å². The summed E-state index contributed by atoms with van der Waals surface area (Å²) >= 11 is 0. The molecule has 0 saturated heterocycles. The number of hydrogen-bond acceptors (Lipinski definition) is 0. The minimum Gasteiger partial charge on any atom is -0.0812 e. The highest BCUT2D eigenvalue weighted by Gasteiger charge is 2.13. The Hall–Kier alpha value is -0.520. The van der Waals surface area contributed by atoms with Crippen LogP contribution >= 0.6 is 0 Å². The highest BCUT2D eigenvalue weighted by atomic mass is 14.2. The standard InChI is InChI=1S/C8H10/c1-2-7-4-5-8(3-1)6-7/h2-3H,1,4-6H2. The van der Waals surface area contributed by atoms with E-state index in [0.29, 0.717) is 0 Å². The van der Waals surface area contributed by atoms with Gasteiger partial charge in [0.1, 0.15) is 0 Å². The largest absolute Gasteiger partial charge is 0.0812 e. The smallest absolute Gasteiger partial charge is 0.0108 e. The summed E-state index contributed by atoms with van der Waals surface area (Å²) < 4.78 is 0. The van der Waals surface area contributed by atoms with Gasteiger partial charge in [0.25, 0.3) is 0 Å². The van der Waals surface area contributed by atoms with Crippen LogP contribution in [-0.4, -0.2) is 0 Å². The van der Waals surface area contributed by atoms with Crippen LogP contribution in [0.25, 0.3) is 0 Å². The fraction of sp³-hybridized carbons (Fsp3) is 0.500. The zero-order valence-electron chi connectivity index (χ0n) is 4.98. The van der Waals surface area contributed by atoms with E-state index in [0.717, 1.165) is 0 Å². The first-order chi connectivity index (χ1) is 3.95. The van der Waals surface area contributed by atoms with Crippen LogP contribution in [0.2, 0.25) is 0 Å². The van der Waals surface area contributed by atoms with Gasteiger partial charge in [0.2, 0.25) is 0 Å². The Morgan fingerprint density at radius 2 is 1.62 bits per heavy atom. The molecule has 0 aromatic rings. The number of fused-ring (bicyclic) bond motifs is 2. The van der Waals surface area contributed by atoms with Gasteiger partial charge in [-0.25, -0.2) is 0 Å². The lowest BCUT2D eigenvalue weighted by atomic mass is 10.1. The molecule has 2 aliphatic rings. The lowest BCUT2D eigenvalue weighted by molar-refractivity contribution is 1.06. The van der Waals surface area contributed by atoms with Gasteiger partial charge in [-0.3, -0.25) is 0 Å². The average molecular weight is 106 g/mol. The molecule has 2 bridgehead atoms. The van der Waals surface area contributed by atoms with Crippen molar-refractivity contribution in [2.45, 2.75) is 25.7 Å². The maximum atomic E-state index is 2.37. The third kappa shape index (κ3) is 0.525. The molecule has 1 saturated carbocycles. The van der Waals surface area contributed by atoms with Crippen molar-refractivity contribution in [3.05, 3.63) is 23.3 Å². The molecule has 0 aromatic heterocycles. The van der Waals surface area contributed by atoms with Crippen LogP contribution in [0.15, 0.2) is 23.3 Å². The van der Waals surface area contributed by atoms with E-state index in [9.17, 15) is 0 Å². The van der Waals surface area contributed by atoms with Crippen LogP contribution in [0.3, 0.4) is 0 Å². The van der Waals surface area contributed by atoms with E-state index >= 15 is 0 Å². The zero-order chi connectivity index (χ0) is 5.40. The lowest BCUT2D eigenvalue weighted by Gasteiger charge is -1.98. The summed E-state index contributed by atoms with van der Waals surface area (Å²) in [5, 5.41) is 0. The van der Waals surface area contributed by atoms with Crippen molar-refractivity contribution in [3.63, 3.8) is 0 Å². The minimum atomic E-state index is 1.21. The van der Waals surface area contributed by atoms with E-state index in [1.165, 1.54) is 25.7 Å². The van der Waals surface area contributed by atoms with Gasteiger partial charge in [0.15, 0.2) is 0 Å². The van der Waals surface area contributed by atoms with Crippen LogP contribution in [-0.2, 0) is 0 Å². The van der Waals surface area contributed by atoms with Gasteiger partial charge in [-0.1, -0.05) is 23.3 Å². The van der Waals surface area contributed by atoms with Crippen LogP contribution in [0.1, 0.15) is 25.7 Å². The predicted molar refractivity (Wildman–Crippen MR) is 34.6 cm³/mol. The number of hydrogen-bond donors (Lipinski definition) is 0. The topological polar surface area (TPSA) is 0 Å². The van der Waals surface area contributed by atoms with E-state index in [4.69, 9.17) is 0 Å². The molecule has 0 heteroatoms. The summed E-state index contributed by atoms with van der Waals surface area (Å²) in [6, 6.07) is 0. The zero-order valence-corrected chi connectivity index (χ0v) is 4.98. The second kappa shape index (κ2) is 1.48. The first-order valence-corrected chi connectivity index (χ1v) is 3.31. The highest BCUT2D eigenvalue weighted by Crippen LogP contribution is 2.33. The molecule has 42 valence electrons. The fourth-order valence-corrected chi connectivity index (χ4v) is 1.53. The minimum absolute atomic E-state index is 1.21. The normalized spacial score (nSPS) is 25.0. The van der Waals surface area contributed by atoms with Gasteiger partial charge in [-0.2, -0.15) is 0 Å². The molecule has 0 aliphatic heterocycles. The number of rotatable bonds is 0. The van der Waals surface area contributed by atoms with Gasteiger partial charge >= 0.3 is 0 Å². The van der Waals surface area contributed by atoms with E-state index in [-0.39, 0.29) is 0 Å². The molecule has 0 unspecified atom stereocenters. The van der Waals surface area contributed by atoms with Gasteiger partial charge in [-0.05, 0) is 25.7 Å². The summed E-state index contributed by atoms with van der Waals surface area (Å²) in [5.41, 5.74) is 3.37. The van der Waals surface area contributed by atoms with Crippen molar-refractivity contribution in [3.8, 4) is 0 Å². The molecule has 0 spiro atoms. The second-order valence-electron chi connectivity index (χ2n) is 2.64. The average Bonchev–Trinajstić information content (AvgIpc) is 2.12. The van der Waals surface area contributed by atoms with Crippen molar-refractivity contribution >= 4 is 0 Å². The third-order valence-electron chi connectivity index (χ3n) is 2.03. The molecule has 2 aliphatic carbocycles. The van der Waals surface area contributed by atoms with Crippen LogP contribution < -0.4 is 0 Å². The number of allylic oxidation sites excluding steroid dienone is 4. The SMILES string of the molecule is C1=C2CCC(=CC1)C2. The Morgan fingerprint density at radius 3 is 2.12 bits per heavy atom. The molecule has 0 radical (unpaired) electrons. The first kappa shape index (κ1) is 4.37. The van der Waals surface area contributed by atoms with Crippen molar-refractivity contribution < 1.29 is 0 Å². The van der Waals surface area contributed by atoms with Crippen molar-refractivity contribution in [1.82, 2.24) is 0 Å². The molecule has 8 heavy (non-hydrogen) atoms. The molecule has 2 rings (SSSR count). The van der Waals surface area contributed by atoms with Crippen LogP contribution in [0.4, 0.5) is 0 Å². The van der Waals surface area contributed by atoms with Gasteiger partial charge in [-0.15, -0.1) is 0 Å². The Balaban J connectivity index is 2.36. The predicted octanol–water partition coefficient (Wildman–Crippen LogP) is 2.43. The fourth-order valence-electron chi connectivity index (χ4n) is 1.53. The van der Waals surface area contributed by atoms with Crippen LogP contribution in [0.5, 0.6) is 0 Å². The maximum absolute atomic E-state index is 2.37.